The highest BCUT2D eigenvalue weighted by Gasteiger charge is 2.18. The maximum Gasteiger partial charge on any atom is 0.273 e. The Labute approximate surface area is 159 Å². The highest BCUT2D eigenvalue weighted by Crippen LogP contribution is 2.16. The predicted octanol–water partition coefficient (Wildman–Crippen LogP) is 0.825. The van der Waals surface area contributed by atoms with Gasteiger partial charge in [0.05, 0.1) is 12.2 Å². The molecule has 2 saturated heterocycles. The van der Waals surface area contributed by atoms with Crippen LogP contribution in [0.25, 0.3) is 0 Å². The Morgan fingerprint density at radius 3 is 2.71 bits per heavy atom. The predicted molar refractivity (Wildman–Crippen MR) is 102 cm³/mol. The zero-order valence-corrected chi connectivity index (χ0v) is 16.1. The van der Waals surface area contributed by atoms with Crippen molar-refractivity contribution in [1.82, 2.24) is 30.5 Å². The molecule has 2 fully saturated rings. The Morgan fingerprint density at radius 2 is 2.00 bits per heavy atom. The monoisotopic (exact) mass is 396 g/mol. The van der Waals surface area contributed by atoms with Gasteiger partial charge >= 0.3 is 0 Å². The van der Waals surface area contributed by atoms with Crippen molar-refractivity contribution in [1.29, 1.82) is 0 Å². The highest BCUT2D eigenvalue weighted by atomic mass is 35.5. The summed E-state index contributed by atoms with van der Waals surface area (Å²) < 4.78 is 1.84. The fourth-order valence-corrected chi connectivity index (χ4v) is 3.85. The summed E-state index contributed by atoms with van der Waals surface area (Å²) in [6.45, 7) is 5.82. The van der Waals surface area contributed by atoms with E-state index in [1.807, 2.05) is 16.4 Å². The van der Waals surface area contributed by atoms with E-state index in [2.05, 4.69) is 25.8 Å². The van der Waals surface area contributed by atoms with E-state index in [0.29, 0.717) is 18.3 Å². The van der Waals surface area contributed by atoms with Crippen molar-refractivity contribution < 1.29 is 4.79 Å². The maximum atomic E-state index is 12.1. The fourth-order valence-electron chi connectivity index (χ4n) is 2.87. The van der Waals surface area contributed by atoms with Crippen LogP contribution in [0, 0.1) is 0 Å². The van der Waals surface area contributed by atoms with Crippen LogP contribution in [0.15, 0.2) is 6.20 Å². The highest BCUT2D eigenvalue weighted by molar-refractivity contribution is 7.99. The summed E-state index contributed by atoms with van der Waals surface area (Å²) in [5.41, 5.74) is 0.424. The van der Waals surface area contributed by atoms with Crippen LogP contribution < -0.4 is 10.6 Å². The van der Waals surface area contributed by atoms with Crippen LogP contribution in [0.2, 0.25) is 0 Å². The topological polar surface area (TPSA) is 75.1 Å². The molecule has 0 atom stereocenters. The first-order valence-electron chi connectivity index (χ1n) is 8.04. The fraction of sp³-hybridized carbons (Fsp3) is 0.786. The first-order chi connectivity index (χ1) is 10.8. The van der Waals surface area contributed by atoms with Gasteiger partial charge < -0.3 is 10.6 Å². The summed E-state index contributed by atoms with van der Waals surface area (Å²) >= 11 is 2.00. The summed E-state index contributed by atoms with van der Waals surface area (Å²) in [5, 5.41) is 14.4. The maximum absolute atomic E-state index is 12.1. The molecule has 0 bridgehead atoms. The standard InChI is InChI=1S/C14H24N6OS.2ClH/c21-14(16-5-6-19-7-9-22-10-8-19)13-11-20(18-17-13)12-1-3-15-4-2-12;;/h11-12,15H,1-10H2,(H,16,21);2*1H. The first kappa shape index (κ1) is 21.5. The summed E-state index contributed by atoms with van der Waals surface area (Å²) in [5.74, 6) is 2.27. The van der Waals surface area contributed by atoms with Crippen LogP contribution >= 0.6 is 36.6 Å². The van der Waals surface area contributed by atoms with E-state index in [0.717, 1.165) is 45.6 Å². The summed E-state index contributed by atoms with van der Waals surface area (Å²) in [4.78, 5) is 14.5. The zero-order chi connectivity index (χ0) is 15.2. The molecule has 2 aliphatic rings. The Hall–Kier alpha value is -0.540. The minimum absolute atomic E-state index is 0. The van der Waals surface area contributed by atoms with E-state index in [9.17, 15) is 4.79 Å². The van der Waals surface area contributed by atoms with Crippen molar-refractivity contribution in [3.63, 3.8) is 0 Å². The molecule has 24 heavy (non-hydrogen) atoms. The van der Waals surface area contributed by atoms with Crippen molar-refractivity contribution >= 4 is 42.5 Å². The summed E-state index contributed by atoms with van der Waals surface area (Å²) in [6, 6.07) is 0.362. The molecule has 3 rings (SSSR count). The molecule has 138 valence electrons. The van der Waals surface area contributed by atoms with Crippen molar-refractivity contribution in [2.24, 2.45) is 0 Å². The molecule has 2 aliphatic heterocycles. The molecule has 0 spiro atoms. The normalized spacial score (nSPS) is 19.2. The average Bonchev–Trinajstić information content (AvgIpc) is 3.07. The van der Waals surface area contributed by atoms with Crippen LogP contribution in [-0.4, -0.2) is 76.6 Å². The van der Waals surface area contributed by atoms with Crippen molar-refractivity contribution in [2.75, 3.05) is 50.8 Å². The number of thioether (sulfide) groups is 1. The zero-order valence-electron chi connectivity index (χ0n) is 13.6. The van der Waals surface area contributed by atoms with E-state index in [1.165, 1.54) is 11.5 Å². The molecule has 1 amide bonds. The van der Waals surface area contributed by atoms with Gasteiger partial charge in [-0.3, -0.25) is 9.69 Å². The quantitative estimate of drug-likeness (QED) is 0.767. The number of hydrogen-bond acceptors (Lipinski definition) is 6. The van der Waals surface area contributed by atoms with Crippen LogP contribution in [0.4, 0.5) is 0 Å². The van der Waals surface area contributed by atoms with Crippen LogP contribution in [0.5, 0.6) is 0 Å². The van der Waals surface area contributed by atoms with Gasteiger partial charge in [-0.2, -0.15) is 11.8 Å². The van der Waals surface area contributed by atoms with Gasteiger partial charge in [0.15, 0.2) is 5.69 Å². The molecule has 0 aromatic carbocycles. The lowest BCUT2D eigenvalue weighted by Crippen LogP contribution is -2.39. The van der Waals surface area contributed by atoms with E-state index in [-0.39, 0.29) is 30.7 Å². The van der Waals surface area contributed by atoms with Crippen LogP contribution in [0.1, 0.15) is 29.4 Å². The number of halogens is 2. The molecule has 1 aromatic rings. The minimum Gasteiger partial charge on any atom is -0.349 e. The Balaban J connectivity index is 0.00000144. The molecule has 2 N–H and O–H groups in total. The van der Waals surface area contributed by atoms with Gasteiger partial charge in [0.25, 0.3) is 5.91 Å². The number of carbonyl (C=O) groups excluding carboxylic acids is 1. The molecule has 0 unspecified atom stereocenters. The van der Waals surface area contributed by atoms with E-state index >= 15 is 0 Å². The number of hydrogen-bond donors (Lipinski definition) is 2. The second-order valence-corrected chi connectivity index (χ2v) is 7.00. The van der Waals surface area contributed by atoms with Crippen molar-refractivity contribution in [3.05, 3.63) is 11.9 Å². The number of carbonyl (C=O) groups is 1. The second kappa shape index (κ2) is 11.1. The third-order valence-electron chi connectivity index (χ3n) is 4.24. The largest absolute Gasteiger partial charge is 0.349 e. The lowest BCUT2D eigenvalue weighted by molar-refractivity contribution is 0.0944. The third kappa shape index (κ3) is 6.07. The SMILES string of the molecule is Cl.Cl.O=C(NCCN1CCSCC1)c1cn(C2CCNCC2)nn1. The summed E-state index contributed by atoms with van der Waals surface area (Å²) in [6.07, 6.45) is 3.86. The van der Waals surface area contributed by atoms with Gasteiger partial charge in [0.1, 0.15) is 0 Å². The molecule has 0 radical (unpaired) electrons. The Bertz CT molecular complexity index is 491. The molecule has 1 aromatic heterocycles. The lowest BCUT2D eigenvalue weighted by Gasteiger charge is -2.25. The molecule has 10 heteroatoms. The van der Waals surface area contributed by atoms with Gasteiger partial charge in [0, 0.05) is 37.7 Å². The molecule has 3 heterocycles. The third-order valence-corrected chi connectivity index (χ3v) is 5.19. The number of aromatic nitrogens is 3. The molecular formula is C14H26Cl2N6OS. The minimum atomic E-state index is -0.119. The van der Waals surface area contributed by atoms with E-state index in [4.69, 9.17) is 0 Å². The lowest BCUT2D eigenvalue weighted by atomic mass is 10.1. The van der Waals surface area contributed by atoms with E-state index < -0.39 is 0 Å². The molecule has 0 aliphatic carbocycles. The Kier molecular flexibility index (Phi) is 9.99. The Morgan fingerprint density at radius 1 is 1.29 bits per heavy atom. The first-order valence-corrected chi connectivity index (χ1v) is 9.19. The number of rotatable bonds is 5. The van der Waals surface area contributed by atoms with Crippen LogP contribution in [0.3, 0.4) is 0 Å². The van der Waals surface area contributed by atoms with Gasteiger partial charge in [-0.15, -0.1) is 29.9 Å². The van der Waals surface area contributed by atoms with Gasteiger partial charge in [-0.1, -0.05) is 5.21 Å². The van der Waals surface area contributed by atoms with Crippen molar-refractivity contribution in [3.8, 4) is 0 Å². The number of nitrogens with zero attached hydrogens (tertiary/aromatic N) is 4. The smallest absolute Gasteiger partial charge is 0.273 e. The van der Waals surface area contributed by atoms with Gasteiger partial charge in [0.2, 0.25) is 0 Å². The van der Waals surface area contributed by atoms with E-state index in [1.54, 1.807) is 6.20 Å². The number of nitrogens with one attached hydrogen (secondary N) is 2. The number of amides is 1. The average molecular weight is 397 g/mol. The summed E-state index contributed by atoms with van der Waals surface area (Å²) in [7, 11) is 0. The van der Waals surface area contributed by atoms with Gasteiger partial charge in [-0.25, -0.2) is 4.68 Å². The second-order valence-electron chi connectivity index (χ2n) is 5.77. The van der Waals surface area contributed by atoms with Crippen LogP contribution in [-0.2, 0) is 0 Å². The number of piperidine rings is 1. The molecule has 0 saturated carbocycles. The van der Waals surface area contributed by atoms with Crippen molar-refractivity contribution in [2.45, 2.75) is 18.9 Å². The molecular weight excluding hydrogens is 371 g/mol. The van der Waals surface area contributed by atoms with Gasteiger partial charge in [-0.05, 0) is 25.9 Å². The molecule has 7 nitrogen and oxygen atoms in total.